The summed E-state index contributed by atoms with van der Waals surface area (Å²) in [6, 6.07) is 0. The Balaban J connectivity index is 0. The Morgan fingerprint density at radius 3 is 2.42 bits per heavy atom. The number of unbranched alkanes of at least 4 members (excludes halogenated alkanes) is 3. The smallest absolute Gasteiger partial charge is 0.259 e. The number of hydrogen-bond donors (Lipinski definition) is 2. The van der Waals surface area contributed by atoms with Gasteiger partial charge in [-0.25, -0.2) is 18.1 Å². The van der Waals surface area contributed by atoms with Crippen LogP contribution in [0.4, 0.5) is 0 Å². The molecular formula is C10H22Cl2N4O2S. The molecule has 1 aromatic rings. The monoisotopic (exact) mass is 332 g/mol. The number of halogens is 2. The molecule has 1 aromatic heterocycles. The SMILES string of the molecule is Cl.Cl.Cn1cnc(S(=O)(=O)NCCCCCCN)c1. The van der Waals surface area contributed by atoms with Gasteiger partial charge < -0.3 is 10.3 Å². The standard InChI is InChI=1S/C10H20N4O2S.2ClH/c1-14-8-10(12-9-14)17(15,16)13-7-5-3-2-4-6-11;;/h8-9,13H,2-7,11H2,1H3;2*1H. The van der Waals surface area contributed by atoms with Gasteiger partial charge >= 0.3 is 0 Å². The lowest BCUT2D eigenvalue weighted by molar-refractivity contribution is 0.569. The van der Waals surface area contributed by atoms with Crippen molar-refractivity contribution in [3.05, 3.63) is 12.5 Å². The molecule has 1 rings (SSSR count). The maximum absolute atomic E-state index is 11.7. The Morgan fingerprint density at radius 1 is 1.26 bits per heavy atom. The molecule has 0 saturated heterocycles. The zero-order valence-electron chi connectivity index (χ0n) is 10.9. The number of nitrogens with two attached hydrogens (primary N) is 1. The van der Waals surface area contributed by atoms with Crippen molar-refractivity contribution in [3.63, 3.8) is 0 Å². The van der Waals surface area contributed by atoms with Crippen molar-refractivity contribution in [2.45, 2.75) is 30.7 Å². The summed E-state index contributed by atoms with van der Waals surface area (Å²) >= 11 is 0. The highest BCUT2D eigenvalue weighted by molar-refractivity contribution is 7.89. The molecule has 0 amide bonds. The summed E-state index contributed by atoms with van der Waals surface area (Å²) in [5, 5.41) is 0.0713. The van der Waals surface area contributed by atoms with Crippen LogP contribution in [-0.2, 0) is 17.1 Å². The average molecular weight is 333 g/mol. The van der Waals surface area contributed by atoms with Gasteiger partial charge in [0.25, 0.3) is 10.0 Å². The highest BCUT2D eigenvalue weighted by atomic mass is 35.5. The van der Waals surface area contributed by atoms with Crippen LogP contribution in [0, 0.1) is 0 Å². The van der Waals surface area contributed by atoms with Crippen LogP contribution in [0.15, 0.2) is 17.6 Å². The van der Waals surface area contributed by atoms with Crippen molar-refractivity contribution in [2.24, 2.45) is 12.8 Å². The number of nitrogens with one attached hydrogen (secondary N) is 1. The second kappa shape index (κ2) is 10.4. The van der Waals surface area contributed by atoms with E-state index in [1.807, 2.05) is 0 Å². The third-order valence-electron chi connectivity index (χ3n) is 2.38. The van der Waals surface area contributed by atoms with Crippen molar-refractivity contribution < 1.29 is 8.42 Å². The second-order valence-corrected chi connectivity index (χ2v) is 5.69. The summed E-state index contributed by atoms with van der Waals surface area (Å²) in [5.41, 5.74) is 5.37. The van der Waals surface area contributed by atoms with E-state index in [-0.39, 0.29) is 29.8 Å². The Labute approximate surface area is 127 Å². The number of imidazole rings is 1. The number of sulfonamides is 1. The molecule has 0 fully saturated rings. The molecule has 114 valence electrons. The number of hydrogen-bond acceptors (Lipinski definition) is 4. The molecule has 0 atom stereocenters. The summed E-state index contributed by atoms with van der Waals surface area (Å²) in [6.07, 6.45) is 6.80. The fourth-order valence-electron chi connectivity index (χ4n) is 1.43. The first-order valence-corrected chi connectivity index (χ1v) is 7.22. The zero-order valence-corrected chi connectivity index (χ0v) is 13.4. The van der Waals surface area contributed by atoms with Gasteiger partial charge in [0.15, 0.2) is 5.03 Å². The minimum Gasteiger partial charge on any atom is -0.339 e. The minimum atomic E-state index is -3.44. The number of aromatic nitrogens is 2. The molecule has 9 heteroatoms. The fraction of sp³-hybridized carbons (Fsp3) is 0.700. The van der Waals surface area contributed by atoms with E-state index >= 15 is 0 Å². The topological polar surface area (TPSA) is 90.0 Å². The highest BCUT2D eigenvalue weighted by Gasteiger charge is 2.15. The van der Waals surface area contributed by atoms with Gasteiger partial charge in [0.1, 0.15) is 0 Å². The number of rotatable bonds is 8. The predicted molar refractivity (Wildman–Crippen MR) is 80.4 cm³/mol. The molecule has 0 aliphatic heterocycles. The lowest BCUT2D eigenvalue weighted by Gasteiger charge is -2.03. The molecule has 0 aliphatic carbocycles. The Bertz CT molecular complexity index is 436. The van der Waals surface area contributed by atoms with Crippen molar-refractivity contribution >= 4 is 34.8 Å². The summed E-state index contributed by atoms with van der Waals surface area (Å²) in [7, 11) is -1.70. The van der Waals surface area contributed by atoms with Gasteiger partial charge in [-0.1, -0.05) is 12.8 Å². The number of nitrogens with zero attached hydrogens (tertiary/aromatic N) is 2. The van der Waals surface area contributed by atoms with Crippen LogP contribution in [0.2, 0.25) is 0 Å². The molecule has 0 unspecified atom stereocenters. The molecule has 0 spiro atoms. The van der Waals surface area contributed by atoms with Gasteiger partial charge in [-0.2, -0.15) is 0 Å². The van der Waals surface area contributed by atoms with Gasteiger partial charge in [-0.3, -0.25) is 0 Å². The lowest BCUT2D eigenvalue weighted by Crippen LogP contribution is -2.25. The Morgan fingerprint density at radius 2 is 1.89 bits per heavy atom. The van der Waals surface area contributed by atoms with Gasteiger partial charge in [0.05, 0.1) is 6.33 Å². The molecule has 6 nitrogen and oxygen atoms in total. The summed E-state index contributed by atoms with van der Waals surface area (Å²) in [5.74, 6) is 0. The van der Waals surface area contributed by atoms with Gasteiger partial charge in [-0.15, -0.1) is 24.8 Å². The molecule has 0 bridgehead atoms. The van der Waals surface area contributed by atoms with E-state index in [1.54, 1.807) is 11.6 Å². The first-order valence-electron chi connectivity index (χ1n) is 5.74. The van der Waals surface area contributed by atoms with E-state index < -0.39 is 10.0 Å². The van der Waals surface area contributed by atoms with E-state index in [4.69, 9.17) is 5.73 Å². The van der Waals surface area contributed by atoms with Crippen LogP contribution in [0.5, 0.6) is 0 Å². The van der Waals surface area contributed by atoms with Crippen LogP contribution in [0.3, 0.4) is 0 Å². The van der Waals surface area contributed by atoms with Crippen molar-refractivity contribution in [1.82, 2.24) is 14.3 Å². The average Bonchev–Trinajstić information content (AvgIpc) is 2.71. The molecule has 0 saturated carbocycles. The summed E-state index contributed by atoms with van der Waals surface area (Å²) in [4.78, 5) is 3.81. The van der Waals surface area contributed by atoms with Gasteiger partial charge in [0.2, 0.25) is 0 Å². The third-order valence-corrected chi connectivity index (χ3v) is 3.73. The van der Waals surface area contributed by atoms with Crippen LogP contribution >= 0.6 is 24.8 Å². The molecule has 0 radical (unpaired) electrons. The second-order valence-electron chi connectivity index (χ2n) is 3.98. The van der Waals surface area contributed by atoms with E-state index in [0.29, 0.717) is 13.1 Å². The zero-order chi connectivity index (χ0) is 12.7. The largest absolute Gasteiger partial charge is 0.339 e. The van der Waals surface area contributed by atoms with E-state index in [0.717, 1.165) is 25.7 Å². The quantitative estimate of drug-likeness (QED) is 0.696. The van der Waals surface area contributed by atoms with Crippen LogP contribution in [-0.4, -0.2) is 31.1 Å². The van der Waals surface area contributed by atoms with Crippen molar-refractivity contribution in [1.29, 1.82) is 0 Å². The van der Waals surface area contributed by atoms with Crippen molar-refractivity contribution in [3.8, 4) is 0 Å². The lowest BCUT2D eigenvalue weighted by atomic mass is 10.2. The molecular weight excluding hydrogens is 311 g/mol. The van der Waals surface area contributed by atoms with Gasteiger partial charge in [0, 0.05) is 19.8 Å². The third kappa shape index (κ3) is 7.74. The predicted octanol–water partition coefficient (Wildman–Crippen LogP) is 1.06. The molecule has 19 heavy (non-hydrogen) atoms. The first-order chi connectivity index (χ1) is 8.06. The van der Waals surface area contributed by atoms with Gasteiger partial charge in [-0.05, 0) is 19.4 Å². The van der Waals surface area contributed by atoms with E-state index in [1.165, 1.54) is 12.5 Å². The summed E-state index contributed by atoms with van der Waals surface area (Å²) < 4.78 is 27.6. The highest BCUT2D eigenvalue weighted by Crippen LogP contribution is 2.04. The maximum Gasteiger partial charge on any atom is 0.259 e. The maximum atomic E-state index is 11.7. The molecule has 3 N–H and O–H groups in total. The van der Waals surface area contributed by atoms with Crippen molar-refractivity contribution in [2.75, 3.05) is 13.1 Å². The number of aryl methyl sites for hydroxylation is 1. The summed E-state index contributed by atoms with van der Waals surface area (Å²) in [6.45, 7) is 1.14. The molecule has 0 aliphatic rings. The fourth-order valence-corrected chi connectivity index (χ4v) is 2.48. The van der Waals surface area contributed by atoms with E-state index in [2.05, 4.69) is 9.71 Å². The normalized spacial score (nSPS) is 10.6. The molecule has 0 aromatic carbocycles. The minimum absolute atomic E-state index is 0. The Kier molecular flexibility index (Phi) is 11.5. The first kappa shape index (κ1) is 21.0. The van der Waals surface area contributed by atoms with Crippen LogP contribution < -0.4 is 10.5 Å². The van der Waals surface area contributed by atoms with Crippen LogP contribution in [0.25, 0.3) is 0 Å². The van der Waals surface area contributed by atoms with Crippen LogP contribution in [0.1, 0.15) is 25.7 Å². The Hall–Kier alpha value is -0.340. The van der Waals surface area contributed by atoms with E-state index in [9.17, 15) is 8.42 Å². The molecule has 1 heterocycles.